The molecule has 10 heteroatoms. The number of terminal acetylenes is 1. The summed E-state index contributed by atoms with van der Waals surface area (Å²) in [6, 6.07) is 5.37. The predicted molar refractivity (Wildman–Crippen MR) is 149 cm³/mol. The first kappa shape index (κ1) is 30.6. The SMILES string of the molecule is C#Cc1ccc(CNC(=O)[C@@H]2C[C@@H](O)CN2C(=O)[C@@H](NC(C)C)C(C)(C)CCN2CCN[C@@H](C(=O)O)C2)cc1. The quantitative estimate of drug-likeness (QED) is 0.254. The van der Waals surface area contributed by atoms with Crippen molar-refractivity contribution < 1.29 is 24.6 Å². The number of β-amino-alcohol motifs (C(OH)–C–C–N with tert-alkyl or cyclic N) is 1. The van der Waals surface area contributed by atoms with Gasteiger partial charge < -0.3 is 31.1 Å². The highest BCUT2D eigenvalue weighted by Gasteiger charge is 2.45. The number of likely N-dealkylation sites (tertiary alicyclic amines) is 1. The number of amides is 2. The maximum Gasteiger partial charge on any atom is 0.322 e. The molecule has 214 valence electrons. The van der Waals surface area contributed by atoms with Gasteiger partial charge in [-0.25, -0.2) is 0 Å². The number of carboxylic acids is 1. The molecule has 10 nitrogen and oxygen atoms in total. The molecule has 2 aliphatic heterocycles. The van der Waals surface area contributed by atoms with Gasteiger partial charge in [0, 0.05) is 50.7 Å². The Balaban J connectivity index is 1.68. The van der Waals surface area contributed by atoms with Crippen molar-refractivity contribution in [3.63, 3.8) is 0 Å². The summed E-state index contributed by atoms with van der Waals surface area (Å²) in [4.78, 5) is 42.2. The van der Waals surface area contributed by atoms with Crippen LogP contribution < -0.4 is 16.0 Å². The zero-order chi connectivity index (χ0) is 28.7. The summed E-state index contributed by atoms with van der Waals surface area (Å²) in [5, 5.41) is 29.1. The molecule has 0 spiro atoms. The Bertz CT molecular complexity index is 1050. The van der Waals surface area contributed by atoms with E-state index in [-0.39, 0.29) is 30.8 Å². The van der Waals surface area contributed by atoms with Gasteiger partial charge in [-0.15, -0.1) is 6.42 Å². The summed E-state index contributed by atoms with van der Waals surface area (Å²) in [5.74, 6) is 1.18. The maximum absolute atomic E-state index is 14.0. The third-order valence-electron chi connectivity index (χ3n) is 7.61. The second-order valence-corrected chi connectivity index (χ2v) is 11.6. The summed E-state index contributed by atoms with van der Waals surface area (Å²) in [5.41, 5.74) is 1.14. The number of piperazine rings is 1. The zero-order valence-corrected chi connectivity index (χ0v) is 23.4. The van der Waals surface area contributed by atoms with Crippen LogP contribution in [0, 0.1) is 17.8 Å². The molecule has 2 saturated heterocycles. The first-order valence-corrected chi connectivity index (χ1v) is 13.7. The molecule has 2 amide bonds. The van der Waals surface area contributed by atoms with Crippen molar-refractivity contribution in [1.29, 1.82) is 0 Å². The Hall–Kier alpha value is -2.97. The highest BCUT2D eigenvalue weighted by atomic mass is 16.4. The Morgan fingerprint density at radius 3 is 2.51 bits per heavy atom. The Labute approximate surface area is 231 Å². The van der Waals surface area contributed by atoms with E-state index in [0.717, 1.165) is 17.7 Å². The van der Waals surface area contributed by atoms with Crippen molar-refractivity contribution >= 4 is 17.8 Å². The molecule has 0 radical (unpaired) electrons. The van der Waals surface area contributed by atoms with Gasteiger partial charge in [-0.1, -0.05) is 45.7 Å². The van der Waals surface area contributed by atoms with Gasteiger partial charge in [0.1, 0.15) is 12.1 Å². The predicted octanol–water partition coefficient (Wildman–Crippen LogP) is 0.387. The number of aliphatic hydroxyl groups excluding tert-OH is 1. The van der Waals surface area contributed by atoms with E-state index in [1.165, 1.54) is 4.90 Å². The second kappa shape index (κ2) is 13.4. The fraction of sp³-hybridized carbons (Fsp3) is 0.621. The first-order valence-electron chi connectivity index (χ1n) is 13.7. The van der Waals surface area contributed by atoms with Crippen LogP contribution in [0.4, 0.5) is 0 Å². The van der Waals surface area contributed by atoms with Crippen molar-refractivity contribution in [3.05, 3.63) is 35.4 Å². The van der Waals surface area contributed by atoms with Crippen LogP contribution in [0.2, 0.25) is 0 Å². The fourth-order valence-electron chi connectivity index (χ4n) is 5.23. The molecular formula is C29H43N5O5. The summed E-state index contributed by atoms with van der Waals surface area (Å²) in [6.07, 6.45) is 5.46. The van der Waals surface area contributed by atoms with Gasteiger partial charge in [-0.2, -0.15) is 0 Å². The van der Waals surface area contributed by atoms with Gasteiger partial charge in [-0.05, 0) is 36.1 Å². The standard InChI is InChI=1S/C29H43N5O5/c1-6-20-7-9-21(10-8-20)16-31-26(36)24-15-22(35)17-34(24)27(37)25(32-19(2)3)29(4,5)11-13-33-14-12-30-23(18-33)28(38)39/h1,7-10,19,22-25,30,32,35H,11-18H2,2-5H3,(H,31,36)(H,38,39)/t22-,23-,24+,25-/m1/s1. The monoisotopic (exact) mass is 541 g/mol. The van der Waals surface area contributed by atoms with E-state index in [4.69, 9.17) is 6.42 Å². The number of nitrogens with one attached hydrogen (secondary N) is 3. The summed E-state index contributed by atoms with van der Waals surface area (Å²) in [6.45, 7) is 10.8. The van der Waals surface area contributed by atoms with E-state index in [2.05, 4.69) is 26.8 Å². The van der Waals surface area contributed by atoms with Crippen molar-refractivity contribution in [2.45, 2.75) is 77.4 Å². The Morgan fingerprint density at radius 1 is 1.21 bits per heavy atom. The Kier molecular flexibility index (Phi) is 10.5. The second-order valence-electron chi connectivity index (χ2n) is 11.6. The van der Waals surface area contributed by atoms with E-state index >= 15 is 0 Å². The molecule has 0 aliphatic carbocycles. The lowest BCUT2D eigenvalue weighted by atomic mass is 9.79. The van der Waals surface area contributed by atoms with E-state index in [9.17, 15) is 24.6 Å². The number of aliphatic hydroxyl groups is 1. The third-order valence-corrected chi connectivity index (χ3v) is 7.61. The molecule has 2 heterocycles. The molecule has 4 atom stereocenters. The average Bonchev–Trinajstić information content (AvgIpc) is 3.31. The topological polar surface area (TPSA) is 134 Å². The van der Waals surface area contributed by atoms with Gasteiger partial charge in [0.05, 0.1) is 12.1 Å². The summed E-state index contributed by atoms with van der Waals surface area (Å²) < 4.78 is 0. The minimum absolute atomic E-state index is 0.0135. The number of hydrogen-bond donors (Lipinski definition) is 5. The fourth-order valence-corrected chi connectivity index (χ4v) is 5.23. The number of hydrogen-bond acceptors (Lipinski definition) is 7. The number of carboxylic acid groups (broad SMARTS) is 1. The van der Waals surface area contributed by atoms with E-state index < -0.39 is 35.6 Å². The average molecular weight is 542 g/mol. The van der Waals surface area contributed by atoms with Crippen LogP contribution in [0.25, 0.3) is 0 Å². The van der Waals surface area contributed by atoms with E-state index in [1.54, 1.807) is 0 Å². The molecule has 0 saturated carbocycles. The molecule has 1 aromatic rings. The summed E-state index contributed by atoms with van der Waals surface area (Å²) >= 11 is 0. The lowest BCUT2D eigenvalue weighted by molar-refractivity contribution is -0.143. The number of benzene rings is 1. The van der Waals surface area contributed by atoms with Gasteiger partial charge in [0.2, 0.25) is 11.8 Å². The van der Waals surface area contributed by atoms with E-state index in [1.807, 2.05) is 52.0 Å². The number of carbonyl (C=O) groups excluding carboxylic acids is 2. The van der Waals surface area contributed by atoms with Crippen LogP contribution in [0.1, 0.15) is 51.7 Å². The lowest BCUT2D eigenvalue weighted by Crippen LogP contribution is -2.59. The molecule has 0 unspecified atom stereocenters. The van der Waals surface area contributed by atoms with Crippen molar-refractivity contribution in [2.75, 3.05) is 32.7 Å². The maximum atomic E-state index is 14.0. The molecular weight excluding hydrogens is 498 g/mol. The van der Waals surface area contributed by atoms with Crippen molar-refractivity contribution in [1.82, 2.24) is 25.8 Å². The zero-order valence-electron chi connectivity index (χ0n) is 23.4. The lowest BCUT2D eigenvalue weighted by Gasteiger charge is -2.40. The van der Waals surface area contributed by atoms with Crippen LogP contribution in [-0.2, 0) is 20.9 Å². The van der Waals surface area contributed by atoms with Gasteiger partial charge in [0.15, 0.2) is 0 Å². The smallest absolute Gasteiger partial charge is 0.322 e. The molecule has 2 fully saturated rings. The van der Waals surface area contributed by atoms with Crippen LogP contribution >= 0.6 is 0 Å². The normalized spacial score (nSPS) is 22.9. The number of nitrogens with zero attached hydrogens (tertiary/aromatic N) is 2. The van der Waals surface area contributed by atoms with Gasteiger partial charge >= 0.3 is 5.97 Å². The van der Waals surface area contributed by atoms with Crippen LogP contribution in [0.15, 0.2) is 24.3 Å². The van der Waals surface area contributed by atoms with Crippen molar-refractivity contribution in [3.8, 4) is 12.3 Å². The minimum Gasteiger partial charge on any atom is -0.480 e. The molecule has 39 heavy (non-hydrogen) atoms. The number of aliphatic carboxylic acids is 1. The Morgan fingerprint density at radius 2 is 1.90 bits per heavy atom. The third kappa shape index (κ3) is 8.26. The van der Waals surface area contributed by atoms with Gasteiger partial charge in [-0.3, -0.25) is 19.3 Å². The largest absolute Gasteiger partial charge is 0.480 e. The van der Waals surface area contributed by atoms with E-state index in [0.29, 0.717) is 32.6 Å². The highest BCUT2D eigenvalue weighted by Crippen LogP contribution is 2.30. The molecule has 5 N–H and O–H groups in total. The number of carbonyl (C=O) groups is 3. The molecule has 0 bridgehead atoms. The minimum atomic E-state index is -0.866. The van der Waals surface area contributed by atoms with Crippen LogP contribution in [0.5, 0.6) is 0 Å². The molecule has 2 aliphatic rings. The van der Waals surface area contributed by atoms with Crippen molar-refractivity contribution in [2.24, 2.45) is 5.41 Å². The van der Waals surface area contributed by atoms with Crippen LogP contribution in [-0.4, -0.2) is 101 Å². The first-order chi connectivity index (χ1) is 18.4. The van der Waals surface area contributed by atoms with Gasteiger partial charge in [0.25, 0.3) is 0 Å². The summed E-state index contributed by atoms with van der Waals surface area (Å²) in [7, 11) is 0. The molecule has 1 aromatic carbocycles. The molecule has 3 rings (SSSR count). The molecule has 0 aromatic heterocycles. The number of rotatable bonds is 11. The van der Waals surface area contributed by atoms with Crippen LogP contribution in [0.3, 0.4) is 0 Å². The highest BCUT2D eigenvalue weighted by molar-refractivity contribution is 5.91.